The van der Waals surface area contributed by atoms with Gasteiger partial charge in [0.15, 0.2) is 5.96 Å². The number of hydrogen-bond donors (Lipinski definition) is 1. The number of methoxy groups -OCH3 is 2. The van der Waals surface area contributed by atoms with Crippen LogP contribution in [0.5, 0.6) is 11.5 Å². The molecule has 2 aromatic carbocycles. The maximum absolute atomic E-state index is 5.44. The standard InChI is InChI=1S/C24H31N3O2.HI/c1-25-24(26-15-20-13-23(20)17-7-5-4-6-8-17)27-10-9-18(16-27)19-11-21(28-2)14-22(12-19)29-3;/h4-8,11-12,14,18,20,23H,9-10,13,15-16H2,1-3H3,(H,25,26);1H. The van der Waals surface area contributed by atoms with E-state index in [1.165, 1.54) is 17.5 Å². The fraction of sp³-hybridized carbons (Fsp3) is 0.458. The van der Waals surface area contributed by atoms with Crippen LogP contribution in [0.25, 0.3) is 0 Å². The normalized spacial score (nSPS) is 23.0. The Morgan fingerprint density at radius 1 is 1.07 bits per heavy atom. The van der Waals surface area contributed by atoms with E-state index in [9.17, 15) is 0 Å². The van der Waals surface area contributed by atoms with Crippen LogP contribution in [0.3, 0.4) is 0 Å². The number of aliphatic imine (C=N–C) groups is 1. The average Bonchev–Trinajstić information content (AvgIpc) is 3.39. The number of hydrogen-bond acceptors (Lipinski definition) is 3. The second kappa shape index (κ2) is 10.4. The van der Waals surface area contributed by atoms with Crippen molar-refractivity contribution in [1.82, 2.24) is 10.2 Å². The quantitative estimate of drug-likeness (QED) is 0.346. The average molecular weight is 521 g/mol. The molecule has 0 bridgehead atoms. The highest BCUT2D eigenvalue weighted by Crippen LogP contribution is 2.46. The summed E-state index contributed by atoms with van der Waals surface area (Å²) >= 11 is 0. The zero-order chi connectivity index (χ0) is 20.2. The fourth-order valence-corrected chi connectivity index (χ4v) is 4.43. The second-order valence-electron chi connectivity index (χ2n) is 8.02. The van der Waals surface area contributed by atoms with Crippen molar-refractivity contribution in [2.45, 2.75) is 24.7 Å². The lowest BCUT2D eigenvalue weighted by molar-refractivity contribution is 0.392. The minimum atomic E-state index is 0. The molecule has 1 saturated heterocycles. The first-order valence-corrected chi connectivity index (χ1v) is 10.4. The van der Waals surface area contributed by atoms with Gasteiger partial charge in [0.25, 0.3) is 0 Å². The van der Waals surface area contributed by atoms with Crippen LogP contribution in [0.15, 0.2) is 53.5 Å². The fourth-order valence-electron chi connectivity index (χ4n) is 4.43. The molecule has 30 heavy (non-hydrogen) atoms. The third-order valence-corrected chi connectivity index (χ3v) is 6.22. The van der Waals surface area contributed by atoms with Crippen molar-refractivity contribution < 1.29 is 9.47 Å². The SMILES string of the molecule is CN=C(NCC1CC1c1ccccc1)N1CCC(c2cc(OC)cc(OC)c2)C1.I. The lowest BCUT2D eigenvalue weighted by atomic mass is 9.98. The van der Waals surface area contributed by atoms with E-state index >= 15 is 0 Å². The molecule has 0 spiro atoms. The van der Waals surface area contributed by atoms with Crippen molar-refractivity contribution in [3.8, 4) is 11.5 Å². The lowest BCUT2D eigenvalue weighted by Gasteiger charge is -2.22. The Balaban J connectivity index is 0.00000256. The number of likely N-dealkylation sites (tertiary alicyclic amines) is 1. The number of ether oxygens (including phenoxy) is 2. The monoisotopic (exact) mass is 521 g/mol. The van der Waals surface area contributed by atoms with Crippen LogP contribution in [-0.4, -0.2) is 51.8 Å². The van der Waals surface area contributed by atoms with E-state index in [4.69, 9.17) is 9.47 Å². The van der Waals surface area contributed by atoms with Gasteiger partial charge in [-0.1, -0.05) is 30.3 Å². The maximum atomic E-state index is 5.44. The molecule has 1 aliphatic carbocycles. The molecule has 0 radical (unpaired) electrons. The predicted octanol–water partition coefficient (Wildman–Crippen LogP) is 4.49. The number of halogens is 1. The summed E-state index contributed by atoms with van der Waals surface area (Å²) in [6, 6.07) is 17.0. The third-order valence-electron chi connectivity index (χ3n) is 6.22. The lowest BCUT2D eigenvalue weighted by Crippen LogP contribution is -2.40. The molecule has 1 saturated carbocycles. The van der Waals surface area contributed by atoms with E-state index in [1.54, 1.807) is 14.2 Å². The van der Waals surface area contributed by atoms with Crippen molar-refractivity contribution >= 4 is 29.9 Å². The molecular formula is C24H32IN3O2. The van der Waals surface area contributed by atoms with Gasteiger partial charge in [-0.05, 0) is 47.9 Å². The van der Waals surface area contributed by atoms with Gasteiger partial charge in [-0.3, -0.25) is 4.99 Å². The first kappa shape index (κ1) is 22.7. The van der Waals surface area contributed by atoms with Crippen molar-refractivity contribution in [3.63, 3.8) is 0 Å². The van der Waals surface area contributed by atoms with Gasteiger partial charge in [-0.25, -0.2) is 0 Å². The van der Waals surface area contributed by atoms with Crippen LogP contribution in [0, 0.1) is 5.92 Å². The molecule has 0 amide bonds. The highest BCUT2D eigenvalue weighted by Gasteiger charge is 2.38. The summed E-state index contributed by atoms with van der Waals surface area (Å²) in [7, 11) is 5.28. The Kier molecular flexibility index (Phi) is 7.86. The molecule has 2 aromatic rings. The van der Waals surface area contributed by atoms with Gasteiger partial charge in [0.1, 0.15) is 11.5 Å². The second-order valence-corrected chi connectivity index (χ2v) is 8.02. The molecule has 162 valence electrons. The molecule has 2 fully saturated rings. The Bertz CT molecular complexity index is 837. The maximum Gasteiger partial charge on any atom is 0.193 e. The minimum absolute atomic E-state index is 0. The van der Waals surface area contributed by atoms with Crippen molar-refractivity contribution in [1.29, 1.82) is 0 Å². The molecule has 5 nitrogen and oxygen atoms in total. The Labute approximate surface area is 196 Å². The van der Waals surface area contributed by atoms with E-state index in [0.29, 0.717) is 17.8 Å². The van der Waals surface area contributed by atoms with E-state index in [2.05, 4.69) is 57.7 Å². The summed E-state index contributed by atoms with van der Waals surface area (Å²) < 4.78 is 10.9. The molecule has 0 aromatic heterocycles. The molecule has 1 heterocycles. The highest BCUT2D eigenvalue weighted by atomic mass is 127. The van der Waals surface area contributed by atoms with Crippen LogP contribution >= 0.6 is 24.0 Å². The van der Waals surface area contributed by atoms with Gasteiger partial charge in [0, 0.05) is 38.7 Å². The smallest absolute Gasteiger partial charge is 0.193 e. The van der Waals surface area contributed by atoms with Gasteiger partial charge in [0.2, 0.25) is 0 Å². The molecule has 1 N–H and O–H groups in total. The van der Waals surface area contributed by atoms with Gasteiger partial charge in [0.05, 0.1) is 14.2 Å². The van der Waals surface area contributed by atoms with Gasteiger partial charge >= 0.3 is 0 Å². The third kappa shape index (κ3) is 5.20. The van der Waals surface area contributed by atoms with Crippen LogP contribution in [0.4, 0.5) is 0 Å². The number of nitrogens with zero attached hydrogens (tertiary/aromatic N) is 2. The van der Waals surface area contributed by atoms with E-state index in [0.717, 1.165) is 43.5 Å². The summed E-state index contributed by atoms with van der Waals surface area (Å²) in [5, 5.41) is 3.62. The Hall–Kier alpha value is -1.96. The summed E-state index contributed by atoms with van der Waals surface area (Å²) in [5.74, 6) is 4.56. The zero-order valence-electron chi connectivity index (χ0n) is 18.0. The van der Waals surface area contributed by atoms with E-state index < -0.39 is 0 Å². The van der Waals surface area contributed by atoms with Crippen molar-refractivity contribution in [2.75, 3.05) is 40.9 Å². The Morgan fingerprint density at radius 2 is 1.77 bits per heavy atom. The molecule has 4 rings (SSSR count). The summed E-state index contributed by atoms with van der Waals surface area (Å²) in [4.78, 5) is 6.92. The molecule has 1 aliphatic heterocycles. The van der Waals surface area contributed by atoms with E-state index in [1.807, 2.05) is 13.1 Å². The van der Waals surface area contributed by atoms with Crippen LogP contribution in [0.1, 0.15) is 35.8 Å². The van der Waals surface area contributed by atoms with Crippen LogP contribution < -0.4 is 14.8 Å². The first-order chi connectivity index (χ1) is 14.2. The number of benzene rings is 2. The predicted molar refractivity (Wildman–Crippen MR) is 133 cm³/mol. The van der Waals surface area contributed by atoms with Crippen LogP contribution in [0.2, 0.25) is 0 Å². The summed E-state index contributed by atoms with van der Waals surface area (Å²) in [5.41, 5.74) is 2.73. The number of guanidine groups is 1. The summed E-state index contributed by atoms with van der Waals surface area (Å²) in [6.45, 7) is 2.96. The minimum Gasteiger partial charge on any atom is -0.497 e. The molecule has 6 heteroatoms. The van der Waals surface area contributed by atoms with Crippen molar-refractivity contribution in [2.24, 2.45) is 10.9 Å². The zero-order valence-corrected chi connectivity index (χ0v) is 20.3. The molecular weight excluding hydrogens is 489 g/mol. The van der Waals surface area contributed by atoms with Gasteiger partial charge in [-0.2, -0.15) is 0 Å². The Morgan fingerprint density at radius 3 is 2.40 bits per heavy atom. The van der Waals surface area contributed by atoms with Crippen LogP contribution in [-0.2, 0) is 0 Å². The first-order valence-electron chi connectivity index (χ1n) is 10.4. The van der Waals surface area contributed by atoms with Crippen molar-refractivity contribution in [3.05, 3.63) is 59.7 Å². The van der Waals surface area contributed by atoms with Gasteiger partial charge < -0.3 is 19.7 Å². The summed E-state index contributed by atoms with van der Waals surface area (Å²) in [6.07, 6.45) is 2.37. The molecule has 2 aliphatic rings. The topological polar surface area (TPSA) is 46.1 Å². The number of rotatable bonds is 6. The van der Waals surface area contributed by atoms with E-state index in [-0.39, 0.29) is 24.0 Å². The molecule has 3 atom stereocenters. The molecule has 3 unspecified atom stereocenters. The number of nitrogens with one attached hydrogen (secondary N) is 1. The largest absolute Gasteiger partial charge is 0.497 e. The van der Waals surface area contributed by atoms with Gasteiger partial charge in [-0.15, -0.1) is 24.0 Å². The highest BCUT2D eigenvalue weighted by molar-refractivity contribution is 14.0.